The van der Waals surface area contributed by atoms with Gasteiger partial charge in [-0.1, -0.05) is 12.4 Å². The van der Waals surface area contributed by atoms with E-state index in [1.165, 1.54) is 23.8 Å². The standard InChI is InChI=1S/C18H18BF3N4O2S/c1-3-29(27,28)13-6-10(19)8-23-15(13)17-24-12-7-11(18(20,21)22)14(9-4-5-9)25-16(12)26(17)2/h6-9H,3-5,19H2,1-2H3. The topological polar surface area (TPSA) is 77.7 Å². The van der Waals surface area contributed by atoms with E-state index in [1.807, 2.05) is 0 Å². The van der Waals surface area contributed by atoms with Gasteiger partial charge in [-0.15, -0.1) is 0 Å². The van der Waals surface area contributed by atoms with Crippen molar-refractivity contribution in [1.82, 2.24) is 19.5 Å². The highest BCUT2D eigenvalue weighted by Gasteiger charge is 2.40. The van der Waals surface area contributed by atoms with Crippen LogP contribution in [0.3, 0.4) is 0 Å². The Hall–Kier alpha value is -2.43. The van der Waals surface area contributed by atoms with Gasteiger partial charge < -0.3 is 4.57 Å². The average molecular weight is 422 g/mol. The zero-order valence-electron chi connectivity index (χ0n) is 16.1. The zero-order valence-corrected chi connectivity index (χ0v) is 16.9. The van der Waals surface area contributed by atoms with Gasteiger partial charge in [-0.3, -0.25) is 4.98 Å². The number of fused-ring (bicyclic) bond motifs is 1. The number of pyridine rings is 2. The molecule has 11 heteroatoms. The average Bonchev–Trinajstić information content (AvgIpc) is 3.45. The molecule has 1 aliphatic rings. The van der Waals surface area contributed by atoms with Crippen molar-refractivity contribution in [2.24, 2.45) is 7.05 Å². The Bertz CT molecular complexity index is 1230. The fourth-order valence-electron chi connectivity index (χ4n) is 3.34. The minimum atomic E-state index is -4.53. The van der Waals surface area contributed by atoms with E-state index in [0.717, 1.165) is 6.07 Å². The van der Waals surface area contributed by atoms with E-state index in [9.17, 15) is 21.6 Å². The fraction of sp³-hybridized carbons (Fsp3) is 0.389. The molecule has 0 spiro atoms. The van der Waals surface area contributed by atoms with Crippen LogP contribution in [0.2, 0.25) is 0 Å². The highest BCUT2D eigenvalue weighted by molar-refractivity contribution is 7.91. The highest BCUT2D eigenvalue weighted by atomic mass is 32.2. The lowest BCUT2D eigenvalue weighted by Crippen LogP contribution is -2.14. The summed E-state index contributed by atoms with van der Waals surface area (Å²) in [7, 11) is -0.289. The Morgan fingerprint density at radius 1 is 1.24 bits per heavy atom. The quantitative estimate of drug-likeness (QED) is 0.601. The molecule has 1 fully saturated rings. The summed E-state index contributed by atoms with van der Waals surface area (Å²) in [6.07, 6.45) is -1.68. The van der Waals surface area contributed by atoms with Crippen LogP contribution in [-0.2, 0) is 23.1 Å². The van der Waals surface area contributed by atoms with E-state index in [1.54, 1.807) is 14.9 Å². The number of imidazole rings is 1. The number of aryl methyl sites for hydroxylation is 1. The molecule has 0 bridgehead atoms. The number of alkyl halides is 3. The molecular weight excluding hydrogens is 404 g/mol. The number of aromatic nitrogens is 4. The summed E-state index contributed by atoms with van der Waals surface area (Å²) < 4.78 is 67.3. The van der Waals surface area contributed by atoms with E-state index < -0.39 is 21.6 Å². The monoisotopic (exact) mass is 422 g/mol. The zero-order chi connectivity index (χ0) is 21.1. The van der Waals surface area contributed by atoms with Gasteiger partial charge in [0, 0.05) is 19.2 Å². The number of sulfone groups is 1. The Morgan fingerprint density at radius 2 is 1.93 bits per heavy atom. The van der Waals surface area contributed by atoms with Crippen LogP contribution in [0, 0.1) is 0 Å². The Morgan fingerprint density at radius 3 is 2.52 bits per heavy atom. The summed E-state index contributed by atoms with van der Waals surface area (Å²) in [5.41, 5.74) is 0.347. The summed E-state index contributed by atoms with van der Waals surface area (Å²) in [6, 6.07) is 2.51. The molecule has 3 aromatic heterocycles. The van der Waals surface area contributed by atoms with Crippen LogP contribution in [0.15, 0.2) is 23.2 Å². The molecule has 0 aliphatic heterocycles. The van der Waals surface area contributed by atoms with Crippen molar-refractivity contribution in [3.8, 4) is 11.5 Å². The van der Waals surface area contributed by atoms with Crippen molar-refractivity contribution < 1.29 is 21.6 Å². The number of hydrogen-bond donors (Lipinski definition) is 0. The predicted octanol–water partition coefficient (Wildman–Crippen LogP) is 1.98. The van der Waals surface area contributed by atoms with E-state index >= 15 is 0 Å². The lowest BCUT2D eigenvalue weighted by Gasteiger charge is -2.12. The number of hydrogen-bond acceptors (Lipinski definition) is 5. The molecule has 1 aliphatic carbocycles. The molecule has 3 aromatic rings. The van der Waals surface area contributed by atoms with E-state index in [0.29, 0.717) is 18.3 Å². The molecule has 3 heterocycles. The third-order valence-electron chi connectivity index (χ3n) is 5.06. The van der Waals surface area contributed by atoms with Crippen molar-refractivity contribution in [3.63, 3.8) is 0 Å². The summed E-state index contributed by atoms with van der Waals surface area (Å²) in [4.78, 5) is 12.8. The molecule has 0 saturated heterocycles. The second-order valence-electron chi connectivity index (χ2n) is 7.29. The first-order chi connectivity index (χ1) is 13.5. The van der Waals surface area contributed by atoms with E-state index in [-0.39, 0.29) is 44.9 Å². The van der Waals surface area contributed by atoms with Gasteiger partial charge >= 0.3 is 6.18 Å². The molecule has 0 N–H and O–H groups in total. The number of rotatable bonds is 4. The highest BCUT2D eigenvalue weighted by Crippen LogP contribution is 2.45. The molecule has 29 heavy (non-hydrogen) atoms. The van der Waals surface area contributed by atoms with Gasteiger partial charge in [0.2, 0.25) is 0 Å². The first kappa shape index (κ1) is 19.9. The van der Waals surface area contributed by atoms with Crippen molar-refractivity contribution in [1.29, 1.82) is 0 Å². The fourth-order valence-corrected chi connectivity index (χ4v) is 4.45. The SMILES string of the molecule is Bc1cnc(-c2nc3cc(C(F)(F)F)c(C4CC4)nc3n2C)c(S(=O)(=O)CC)c1. The largest absolute Gasteiger partial charge is 0.418 e. The Labute approximate surface area is 166 Å². The molecule has 1 saturated carbocycles. The number of nitrogens with zero attached hydrogens (tertiary/aromatic N) is 4. The molecule has 0 atom stereocenters. The van der Waals surface area contributed by atoms with Crippen LogP contribution in [-0.4, -0.2) is 41.5 Å². The van der Waals surface area contributed by atoms with Gasteiger partial charge in [0.25, 0.3) is 0 Å². The normalized spacial score (nSPS) is 15.2. The molecule has 6 nitrogen and oxygen atoms in total. The van der Waals surface area contributed by atoms with Crippen molar-refractivity contribution in [2.45, 2.75) is 36.8 Å². The third kappa shape index (κ3) is 3.41. The summed E-state index contributed by atoms with van der Waals surface area (Å²) in [6.45, 7) is 1.52. The molecule has 152 valence electrons. The first-order valence-corrected chi connectivity index (χ1v) is 10.8. The van der Waals surface area contributed by atoms with Crippen molar-refractivity contribution in [2.75, 3.05) is 5.75 Å². The number of halogens is 3. The van der Waals surface area contributed by atoms with Crippen molar-refractivity contribution >= 4 is 34.3 Å². The van der Waals surface area contributed by atoms with Crippen molar-refractivity contribution in [3.05, 3.63) is 29.6 Å². The lowest BCUT2D eigenvalue weighted by atomic mass is 9.99. The molecule has 0 unspecified atom stereocenters. The molecule has 0 radical (unpaired) electrons. The van der Waals surface area contributed by atoms with Gasteiger partial charge in [-0.2, -0.15) is 13.2 Å². The Balaban J connectivity index is 1.99. The van der Waals surface area contributed by atoms with Crippen LogP contribution < -0.4 is 5.46 Å². The summed E-state index contributed by atoms with van der Waals surface area (Å²) in [5.74, 6) is -0.166. The van der Waals surface area contributed by atoms with Crippen LogP contribution in [0.1, 0.15) is 36.9 Å². The second kappa shape index (κ2) is 6.55. The minimum Gasteiger partial charge on any atom is -0.310 e. The first-order valence-electron chi connectivity index (χ1n) is 9.17. The maximum absolute atomic E-state index is 13.5. The van der Waals surface area contributed by atoms with Gasteiger partial charge in [0.05, 0.1) is 21.9 Å². The van der Waals surface area contributed by atoms with Crippen LogP contribution >= 0.6 is 0 Å². The van der Waals surface area contributed by atoms with Crippen LogP contribution in [0.4, 0.5) is 13.2 Å². The maximum Gasteiger partial charge on any atom is 0.418 e. The third-order valence-corrected chi connectivity index (χ3v) is 6.80. The summed E-state index contributed by atoms with van der Waals surface area (Å²) >= 11 is 0. The molecule has 0 aromatic carbocycles. The van der Waals surface area contributed by atoms with Gasteiger partial charge in [0.1, 0.15) is 19.1 Å². The van der Waals surface area contributed by atoms with Crippen LogP contribution in [0.25, 0.3) is 22.7 Å². The molecule has 4 rings (SSSR count). The molecule has 0 amide bonds. The smallest absolute Gasteiger partial charge is 0.310 e. The van der Waals surface area contributed by atoms with Gasteiger partial charge in [-0.25, -0.2) is 18.4 Å². The Kier molecular flexibility index (Phi) is 4.49. The van der Waals surface area contributed by atoms with E-state index in [2.05, 4.69) is 15.0 Å². The predicted molar refractivity (Wildman–Crippen MR) is 105 cm³/mol. The summed E-state index contributed by atoms with van der Waals surface area (Å²) in [5, 5.41) is 0. The minimum absolute atomic E-state index is 0.0110. The lowest BCUT2D eigenvalue weighted by molar-refractivity contribution is -0.138. The maximum atomic E-state index is 13.5. The second-order valence-corrected chi connectivity index (χ2v) is 9.54. The van der Waals surface area contributed by atoms with Gasteiger partial charge in [-0.05, 0) is 25.0 Å². The van der Waals surface area contributed by atoms with Crippen LogP contribution in [0.5, 0.6) is 0 Å². The van der Waals surface area contributed by atoms with E-state index in [4.69, 9.17) is 0 Å². The molecular formula is C18H18BF3N4O2S. The van der Waals surface area contributed by atoms with Gasteiger partial charge in [0.15, 0.2) is 21.3 Å².